The van der Waals surface area contributed by atoms with Crippen molar-refractivity contribution in [1.82, 2.24) is 4.90 Å². The summed E-state index contributed by atoms with van der Waals surface area (Å²) >= 11 is 5.92. The molecule has 0 bridgehead atoms. The lowest BCUT2D eigenvalue weighted by Gasteiger charge is -2.30. The molecule has 1 amide bonds. The third kappa shape index (κ3) is 3.44. The number of halogens is 1. The second kappa shape index (κ2) is 8.17. The largest absolute Gasteiger partial charge is 0.489 e. The van der Waals surface area contributed by atoms with Crippen molar-refractivity contribution in [3.8, 4) is 5.75 Å². The molecule has 0 aliphatic carbocycles. The van der Waals surface area contributed by atoms with E-state index >= 15 is 0 Å². The molecule has 0 aromatic heterocycles. The van der Waals surface area contributed by atoms with Crippen LogP contribution in [-0.2, 0) is 16.9 Å². The van der Waals surface area contributed by atoms with Crippen LogP contribution >= 0.6 is 11.6 Å². The van der Waals surface area contributed by atoms with Crippen molar-refractivity contribution in [3.05, 3.63) is 105 Å². The van der Waals surface area contributed by atoms with Gasteiger partial charge in [0.2, 0.25) is 0 Å². The van der Waals surface area contributed by atoms with Crippen LogP contribution in [-0.4, -0.2) is 35.4 Å². The molecule has 1 fully saturated rings. The molecule has 1 spiro atoms. The molecule has 1 N–H and O–H groups in total. The van der Waals surface area contributed by atoms with E-state index in [1.54, 1.807) is 19.2 Å². The van der Waals surface area contributed by atoms with Gasteiger partial charge in [-0.05, 0) is 48.5 Å². The van der Waals surface area contributed by atoms with E-state index in [9.17, 15) is 14.9 Å². The highest BCUT2D eigenvalue weighted by Gasteiger charge is 2.68. The summed E-state index contributed by atoms with van der Waals surface area (Å²) in [6.45, 7) is 0.776. The number of amides is 1. The highest BCUT2D eigenvalue weighted by atomic mass is 35.5. The predicted molar refractivity (Wildman–Crippen MR) is 125 cm³/mol. The maximum absolute atomic E-state index is 13.2. The molecule has 0 radical (unpaired) electrons. The monoisotopic (exact) mass is 463 g/mol. The molecule has 5 rings (SSSR count). The average Bonchev–Trinajstić information content (AvgIpc) is 3.29. The Morgan fingerprint density at radius 3 is 2.52 bits per heavy atom. The normalized spacial score (nSPS) is 24.0. The lowest BCUT2D eigenvalue weighted by molar-refractivity contribution is -0.534. The van der Waals surface area contributed by atoms with Crippen LogP contribution in [0.2, 0.25) is 5.02 Å². The SMILES string of the molecule is CN1C[C@H](c2ccc(OCc3ccc(Cl)cc3)cc2)[C@@H]([N+](=O)[O-])[C@@]12C(=O)Nc1ccccc12. The molecule has 3 aromatic rings. The number of carbonyl (C=O) groups excluding carboxylic acids is 1. The Morgan fingerprint density at radius 2 is 1.82 bits per heavy atom. The van der Waals surface area contributed by atoms with Gasteiger partial charge in [0.1, 0.15) is 12.4 Å². The van der Waals surface area contributed by atoms with Crippen LogP contribution in [0.15, 0.2) is 72.8 Å². The highest BCUT2D eigenvalue weighted by molar-refractivity contribution is 6.30. The molecule has 7 nitrogen and oxygen atoms in total. The van der Waals surface area contributed by atoms with Crippen LogP contribution in [0.4, 0.5) is 5.69 Å². The average molecular weight is 464 g/mol. The molecule has 3 atom stereocenters. The minimum Gasteiger partial charge on any atom is -0.489 e. The van der Waals surface area contributed by atoms with Crippen molar-refractivity contribution in [1.29, 1.82) is 0 Å². The minimum absolute atomic E-state index is 0.305. The summed E-state index contributed by atoms with van der Waals surface area (Å²) in [6, 6.07) is 20.8. The van der Waals surface area contributed by atoms with E-state index in [0.717, 1.165) is 11.1 Å². The van der Waals surface area contributed by atoms with Crippen LogP contribution in [0.25, 0.3) is 0 Å². The number of anilines is 1. The summed E-state index contributed by atoms with van der Waals surface area (Å²) in [6.07, 6.45) is 0. The van der Waals surface area contributed by atoms with Gasteiger partial charge in [-0.2, -0.15) is 0 Å². The van der Waals surface area contributed by atoms with Crippen molar-refractivity contribution >= 4 is 23.2 Å². The number of likely N-dealkylation sites (N-methyl/N-ethyl adjacent to an activating group) is 1. The molecule has 2 heterocycles. The first-order chi connectivity index (χ1) is 15.9. The molecular weight excluding hydrogens is 442 g/mol. The first kappa shape index (κ1) is 21.4. The Kier molecular flexibility index (Phi) is 5.31. The molecule has 3 aromatic carbocycles. The number of nitrogens with one attached hydrogen (secondary N) is 1. The molecule has 1 saturated heterocycles. The van der Waals surface area contributed by atoms with Crippen LogP contribution in [0.5, 0.6) is 5.75 Å². The Bertz CT molecular complexity index is 1220. The third-order valence-electron chi connectivity index (χ3n) is 6.67. The van der Waals surface area contributed by atoms with Crippen molar-refractivity contribution < 1.29 is 14.5 Å². The summed E-state index contributed by atoms with van der Waals surface area (Å²) in [7, 11) is 1.78. The topological polar surface area (TPSA) is 84.7 Å². The molecule has 0 saturated carbocycles. The van der Waals surface area contributed by atoms with Crippen molar-refractivity contribution in [2.45, 2.75) is 24.1 Å². The summed E-state index contributed by atoms with van der Waals surface area (Å²) < 4.78 is 5.85. The van der Waals surface area contributed by atoms with Gasteiger partial charge in [-0.3, -0.25) is 19.8 Å². The molecular formula is C25H22ClN3O4. The molecule has 168 valence electrons. The van der Waals surface area contributed by atoms with Gasteiger partial charge in [-0.15, -0.1) is 0 Å². The predicted octanol–water partition coefficient (Wildman–Crippen LogP) is 4.44. The van der Waals surface area contributed by atoms with E-state index in [-0.39, 0.29) is 10.8 Å². The molecule has 0 unspecified atom stereocenters. The molecule has 8 heteroatoms. The number of fused-ring (bicyclic) bond motifs is 2. The van der Waals surface area contributed by atoms with Crippen LogP contribution < -0.4 is 10.1 Å². The number of likely N-dealkylation sites (tertiary alicyclic amines) is 1. The minimum atomic E-state index is -1.34. The van der Waals surface area contributed by atoms with E-state index < -0.39 is 17.5 Å². The van der Waals surface area contributed by atoms with Crippen molar-refractivity contribution in [2.24, 2.45) is 0 Å². The van der Waals surface area contributed by atoms with E-state index in [1.807, 2.05) is 65.6 Å². The van der Waals surface area contributed by atoms with Crippen LogP contribution in [0.1, 0.15) is 22.6 Å². The fourth-order valence-corrected chi connectivity index (χ4v) is 5.26. The lowest BCUT2D eigenvalue weighted by atomic mass is 9.79. The number of nitrogens with zero attached hydrogens (tertiary/aromatic N) is 2. The summed E-state index contributed by atoms with van der Waals surface area (Å²) in [5.74, 6) is -0.137. The molecule has 33 heavy (non-hydrogen) atoms. The first-order valence-electron chi connectivity index (χ1n) is 10.6. The van der Waals surface area contributed by atoms with E-state index in [4.69, 9.17) is 16.3 Å². The number of carbonyl (C=O) groups is 1. The Labute approximate surface area is 196 Å². The number of benzene rings is 3. The number of hydrogen-bond acceptors (Lipinski definition) is 5. The summed E-state index contributed by atoms with van der Waals surface area (Å²) in [5, 5.41) is 15.9. The quantitative estimate of drug-likeness (QED) is 0.446. The van der Waals surface area contributed by atoms with Gasteiger partial charge in [-0.25, -0.2) is 0 Å². The number of para-hydroxylation sites is 1. The molecule has 2 aliphatic heterocycles. The standard InChI is InChI=1S/C25H22ClN3O4/c1-28-14-20(17-8-12-19(13-9-17)33-15-16-6-10-18(26)11-7-16)23(29(31)32)25(28)21-4-2-3-5-22(21)27-24(25)30/h2-13,20,23H,14-15H2,1H3,(H,27,30)/t20-,23-,25+/m1/s1. The van der Waals surface area contributed by atoms with Gasteiger partial charge >= 0.3 is 0 Å². The van der Waals surface area contributed by atoms with E-state index in [1.165, 1.54) is 0 Å². The second-order valence-corrected chi connectivity index (χ2v) is 8.90. The first-order valence-corrected chi connectivity index (χ1v) is 11.0. The zero-order valence-electron chi connectivity index (χ0n) is 17.9. The zero-order valence-corrected chi connectivity index (χ0v) is 18.7. The van der Waals surface area contributed by atoms with Gasteiger partial charge < -0.3 is 10.1 Å². The number of rotatable bonds is 5. The van der Waals surface area contributed by atoms with Gasteiger partial charge in [-0.1, -0.05) is 54.1 Å². The smallest absolute Gasteiger partial charge is 0.256 e. The Hall–Kier alpha value is -3.42. The second-order valence-electron chi connectivity index (χ2n) is 8.47. The molecule has 2 aliphatic rings. The fraction of sp³-hybridized carbons (Fsp3) is 0.240. The van der Waals surface area contributed by atoms with Crippen LogP contribution in [0, 0.1) is 10.1 Å². The number of ether oxygens (including phenoxy) is 1. The highest BCUT2D eigenvalue weighted by Crippen LogP contribution is 2.51. The van der Waals surface area contributed by atoms with Gasteiger partial charge in [0.25, 0.3) is 11.9 Å². The van der Waals surface area contributed by atoms with Gasteiger partial charge in [0, 0.05) is 27.7 Å². The maximum atomic E-state index is 13.2. The van der Waals surface area contributed by atoms with Gasteiger partial charge in [0.15, 0.2) is 5.54 Å². The van der Waals surface area contributed by atoms with Crippen molar-refractivity contribution in [3.63, 3.8) is 0 Å². The summed E-state index contributed by atoms with van der Waals surface area (Å²) in [4.78, 5) is 27.0. The zero-order chi connectivity index (χ0) is 23.2. The van der Waals surface area contributed by atoms with Crippen molar-refractivity contribution in [2.75, 3.05) is 18.9 Å². The number of nitro groups is 1. The Balaban J connectivity index is 1.42. The maximum Gasteiger partial charge on any atom is 0.256 e. The van der Waals surface area contributed by atoms with Gasteiger partial charge in [0.05, 0.1) is 5.92 Å². The summed E-state index contributed by atoms with van der Waals surface area (Å²) in [5.41, 5.74) is 1.74. The fourth-order valence-electron chi connectivity index (χ4n) is 5.14. The van der Waals surface area contributed by atoms with E-state index in [2.05, 4.69) is 5.32 Å². The third-order valence-corrected chi connectivity index (χ3v) is 6.92. The van der Waals surface area contributed by atoms with E-state index in [0.29, 0.717) is 35.2 Å². The number of hydrogen-bond donors (Lipinski definition) is 1. The van der Waals surface area contributed by atoms with Crippen LogP contribution in [0.3, 0.4) is 0 Å². The Morgan fingerprint density at radius 1 is 1.12 bits per heavy atom. The lowest BCUT2D eigenvalue weighted by Crippen LogP contribution is -2.54.